The Bertz CT molecular complexity index is 1260. The molecule has 0 bridgehead atoms. The summed E-state index contributed by atoms with van der Waals surface area (Å²) in [7, 11) is 1.64. The highest BCUT2D eigenvalue weighted by Crippen LogP contribution is 2.28. The van der Waals surface area contributed by atoms with E-state index in [0.29, 0.717) is 31.2 Å². The summed E-state index contributed by atoms with van der Waals surface area (Å²) in [6.45, 7) is 6.04. The van der Waals surface area contributed by atoms with E-state index in [0.717, 1.165) is 34.1 Å². The van der Waals surface area contributed by atoms with E-state index in [1.807, 2.05) is 68.4 Å². The number of piperazine rings is 1. The number of rotatable bonds is 5. The number of benzene rings is 2. The van der Waals surface area contributed by atoms with Gasteiger partial charge < -0.3 is 19.1 Å². The Kier molecular flexibility index (Phi) is 7.41. The van der Waals surface area contributed by atoms with Gasteiger partial charge in [-0.2, -0.15) is 5.10 Å². The standard InChI is InChI=1S/C26H28ClN5O3/c1-18-15-20(19(2)32(18)22-8-6-7-21(27)16-22)17-28-29-25(33)26(34)31-13-11-30(12-14-31)23-9-4-5-10-24(23)35-3/h4-10,15-17H,11-14H2,1-3H3,(H,29,33)/b28-17-. The van der Waals surface area contributed by atoms with Gasteiger partial charge in [-0.3, -0.25) is 9.59 Å². The van der Waals surface area contributed by atoms with Crippen molar-refractivity contribution in [2.75, 3.05) is 38.2 Å². The number of nitrogens with zero attached hydrogens (tertiary/aromatic N) is 4. The van der Waals surface area contributed by atoms with E-state index in [1.54, 1.807) is 18.2 Å². The quantitative estimate of drug-likeness (QED) is 0.335. The first-order valence-electron chi connectivity index (χ1n) is 11.3. The molecule has 4 rings (SSSR count). The molecule has 1 aliphatic heterocycles. The SMILES string of the molecule is COc1ccccc1N1CCN(C(=O)C(=O)N/N=C\c2cc(C)n(-c3cccc(Cl)c3)c2C)CC1. The van der Waals surface area contributed by atoms with E-state index in [-0.39, 0.29) is 0 Å². The third-order valence-electron chi connectivity index (χ3n) is 6.09. The number of amides is 2. The monoisotopic (exact) mass is 493 g/mol. The fraction of sp³-hybridized carbons (Fsp3) is 0.269. The number of hydrazone groups is 1. The molecule has 1 aliphatic rings. The minimum Gasteiger partial charge on any atom is -0.495 e. The smallest absolute Gasteiger partial charge is 0.329 e. The Morgan fingerprint density at radius 2 is 1.77 bits per heavy atom. The van der Waals surface area contributed by atoms with Crippen LogP contribution < -0.4 is 15.1 Å². The van der Waals surface area contributed by atoms with Gasteiger partial charge in [0.05, 0.1) is 19.0 Å². The number of ether oxygens (including phenoxy) is 1. The maximum atomic E-state index is 12.6. The van der Waals surface area contributed by atoms with Gasteiger partial charge in [-0.15, -0.1) is 0 Å². The lowest BCUT2D eigenvalue weighted by Gasteiger charge is -2.36. The number of aryl methyl sites for hydroxylation is 1. The lowest BCUT2D eigenvalue weighted by atomic mass is 10.2. The maximum absolute atomic E-state index is 12.6. The number of carbonyl (C=O) groups excluding carboxylic acids is 2. The van der Waals surface area contributed by atoms with Crippen molar-refractivity contribution in [3.05, 3.63) is 76.6 Å². The van der Waals surface area contributed by atoms with Gasteiger partial charge in [-0.05, 0) is 50.2 Å². The molecule has 182 valence electrons. The van der Waals surface area contributed by atoms with Crippen LogP contribution in [0.3, 0.4) is 0 Å². The van der Waals surface area contributed by atoms with Crippen LogP contribution >= 0.6 is 11.6 Å². The van der Waals surface area contributed by atoms with Crippen LogP contribution in [0.2, 0.25) is 5.02 Å². The number of carbonyl (C=O) groups is 2. The number of nitrogens with one attached hydrogen (secondary N) is 1. The van der Waals surface area contributed by atoms with Crippen molar-refractivity contribution < 1.29 is 14.3 Å². The van der Waals surface area contributed by atoms with Gasteiger partial charge in [0.15, 0.2) is 0 Å². The number of hydrogen-bond donors (Lipinski definition) is 1. The van der Waals surface area contributed by atoms with Crippen molar-refractivity contribution in [2.24, 2.45) is 5.10 Å². The molecule has 3 aromatic rings. The third kappa shape index (κ3) is 5.33. The van der Waals surface area contributed by atoms with Crippen LogP contribution in [0.1, 0.15) is 17.0 Å². The Morgan fingerprint density at radius 3 is 2.49 bits per heavy atom. The molecule has 0 radical (unpaired) electrons. The second-order valence-corrected chi connectivity index (χ2v) is 8.73. The summed E-state index contributed by atoms with van der Waals surface area (Å²) >= 11 is 6.14. The summed E-state index contributed by atoms with van der Waals surface area (Å²) in [5, 5.41) is 4.68. The minimum atomic E-state index is -0.754. The van der Waals surface area contributed by atoms with Crippen LogP contribution in [-0.4, -0.2) is 60.8 Å². The van der Waals surface area contributed by atoms with Gasteiger partial charge in [-0.25, -0.2) is 5.43 Å². The van der Waals surface area contributed by atoms with E-state index < -0.39 is 11.8 Å². The zero-order valence-electron chi connectivity index (χ0n) is 20.0. The zero-order valence-corrected chi connectivity index (χ0v) is 20.7. The van der Waals surface area contributed by atoms with Crippen LogP contribution in [0.25, 0.3) is 5.69 Å². The molecule has 8 nitrogen and oxygen atoms in total. The molecule has 0 spiro atoms. The number of aromatic nitrogens is 1. The lowest BCUT2D eigenvalue weighted by Crippen LogP contribution is -2.52. The summed E-state index contributed by atoms with van der Waals surface area (Å²) in [4.78, 5) is 28.8. The zero-order chi connectivity index (χ0) is 24.9. The summed E-state index contributed by atoms with van der Waals surface area (Å²) in [5.74, 6) is -0.559. The van der Waals surface area contributed by atoms with E-state index >= 15 is 0 Å². The molecule has 1 saturated heterocycles. The number of hydrogen-bond acceptors (Lipinski definition) is 5. The van der Waals surface area contributed by atoms with E-state index in [4.69, 9.17) is 16.3 Å². The minimum absolute atomic E-state index is 0.439. The van der Waals surface area contributed by atoms with Gasteiger partial charge in [0.1, 0.15) is 5.75 Å². The molecule has 0 saturated carbocycles. The molecule has 0 aliphatic carbocycles. The predicted octanol–water partition coefficient (Wildman–Crippen LogP) is 3.56. The highest BCUT2D eigenvalue weighted by atomic mass is 35.5. The molecule has 1 aromatic heterocycles. The van der Waals surface area contributed by atoms with Crippen molar-refractivity contribution in [1.29, 1.82) is 0 Å². The van der Waals surface area contributed by atoms with Crippen LogP contribution in [0.15, 0.2) is 59.7 Å². The Hall–Kier alpha value is -3.78. The molecular weight excluding hydrogens is 466 g/mol. The highest BCUT2D eigenvalue weighted by Gasteiger charge is 2.27. The average molecular weight is 494 g/mol. The molecule has 2 amide bonds. The van der Waals surface area contributed by atoms with Crippen LogP contribution in [-0.2, 0) is 9.59 Å². The number of halogens is 1. The first-order valence-corrected chi connectivity index (χ1v) is 11.7. The van der Waals surface area contributed by atoms with Crippen molar-refractivity contribution >= 4 is 35.3 Å². The van der Waals surface area contributed by atoms with Gasteiger partial charge in [0.2, 0.25) is 0 Å². The summed E-state index contributed by atoms with van der Waals surface area (Å²) in [5.41, 5.74) is 7.07. The van der Waals surface area contributed by atoms with Crippen LogP contribution in [0.5, 0.6) is 5.75 Å². The topological polar surface area (TPSA) is 79.2 Å². The molecular formula is C26H28ClN5O3. The Balaban J connectivity index is 1.35. The predicted molar refractivity (Wildman–Crippen MR) is 138 cm³/mol. The molecule has 1 N–H and O–H groups in total. The molecule has 0 unspecified atom stereocenters. The van der Waals surface area contributed by atoms with E-state index in [9.17, 15) is 9.59 Å². The molecule has 1 fully saturated rings. The number of anilines is 1. The van der Waals surface area contributed by atoms with E-state index in [2.05, 4.69) is 20.0 Å². The van der Waals surface area contributed by atoms with Crippen LogP contribution in [0, 0.1) is 13.8 Å². The first kappa shape index (κ1) is 24.3. The van der Waals surface area contributed by atoms with Gasteiger partial charge in [0, 0.05) is 53.8 Å². The molecule has 0 atom stereocenters. The van der Waals surface area contributed by atoms with Crippen LogP contribution in [0.4, 0.5) is 5.69 Å². The Morgan fingerprint density at radius 1 is 1.03 bits per heavy atom. The van der Waals surface area contributed by atoms with Gasteiger partial charge >= 0.3 is 11.8 Å². The van der Waals surface area contributed by atoms with Gasteiger partial charge in [-0.1, -0.05) is 29.8 Å². The van der Waals surface area contributed by atoms with Gasteiger partial charge in [0.25, 0.3) is 0 Å². The molecule has 9 heteroatoms. The second-order valence-electron chi connectivity index (χ2n) is 8.29. The molecule has 2 heterocycles. The van der Waals surface area contributed by atoms with Crippen molar-refractivity contribution in [3.63, 3.8) is 0 Å². The fourth-order valence-corrected chi connectivity index (χ4v) is 4.51. The highest BCUT2D eigenvalue weighted by molar-refractivity contribution is 6.35. The molecule has 35 heavy (non-hydrogen) atoms. The molecule has 2 aromatic carbocycles. The number of para-hydroxylation sites is 2. The Labute approximate surface area is 209 Å². The largest absolute Gasteiger partial charge is 0.495 e. The van der Waals surface area contributed by atoms with Crippen molar-refractivity contribution in [1.82, 2.24) is 14.9 Å². The number of methoxy groups -OCH3 is 1. The van der Waals surface area contributed by atoms with E-state index in [1.165, 1.54) is 0 Å². The van der Waals surface area contributed by atoms with Crippen molar-refractivity contribution in [2.45, 2.75) is 13.8 Å². The average Bonchev–Trinajstić information content (AvgIpc) is 3.16. The fourth-order valence-electron chi connectivity index (χ4n) is 4.32. The summed E-state index contributed by atoms with van der Waals surface area (Å²) in [6, 6.07) is 17.3. The second kappa shape index (κ2) is 10.7. The maximum Gasteiger partial charge on any atom is 0.329 e. The summed E-state index contributed by atoms with van der Waals surface area (Å²) in [6.07, 6.45) is 1.55. The third-order valence-corrected chi connectivity index (χ3v) is 6.33. The first-order chi connectivity index (χ1) is 16.9. The normalized spacial score (nSPS) is 13.8. The van der Waals surface area contributed by atoms with Crippen molar-refractivity contribution in [3.8, 4) is 11.4 Å². The summed E-state index contributed by atoms with van der Waals surface area (Å²) < 4.78 is 7.49. The lowest BCUT2D eigenvalue weighted by molar-refractivity contribution is -0.146.